The maximum Gasteiger partial charge on any atom is 0.270 e. The van der Waals surface area contributed by atoms with Gasteiger partial charge in [0.15, 0.2) is 5.69 Å². The molecule has 2 aromatic rings. The number of pyridine rings is 1. The Hall–Kier alpha value is -1.88. The van der Waals surface area contributed by atoms with Crippen LogP contribution in [0.25, 0.3) is 5.69 Å². The maximum absolute atomic E-state index is 12.0. The summed E-state index contributed by atoms with van der Waals surface area (Å²) in [6.45, 7) is 12.9. The number of rotatable bonds is 4. The van der Waals surface area contributed by atoms with E-state index in [0.29, 0.717) is 10.9 Å². The second-order valence-electron chi connectivity index (χ2n) is 10.7. The van der Waals surface area contributed by atoms with Crippen LogP contribution in [-0.2, 0) is 17.3 Å². The highest BCUT2D eigenvalue weighted by Gasteiger charge is 2.27. The van der Waals surface area contributed by atoms with Crippen LogP contribution in [0.5, 0.6) is 0 Å². The van der Waals surface area contributed by atoms with Gasteiger partial charge in [0.2, 0.25) is 0 Å². The lowest BCUT2D eigenvalue weighted by atomic mass is 9.86. The Kier molecular flexibility index (Phi) is 6.33. The highest BCUT2D eigenvalue weighted by molar-refractivity contribution is 6.34. The van der Waals surface area contributed by atoms with Crippen molar-refractivity contribution in [1.82, 2.24) is 14.8 Å². The molecule has 6 heteroatoms. The van der Waals surface area contributed by atoms with Crippen molar-refractivity contribution in [3.8, 4) is 5.69 Å². The number of nitrogens with two attached hydrogens (primary N) is 1. The number of hydrogen-bond acceptors (Lipinski definition) is 3. The summed E-state index contributed by atoms with van der Waals surface area (Å²) in [4.78, 5) is 17.0. The Balaban J connectivity index is 2.18. The van der Waals surface area contributed by atoms with E-state index in [1.165, 1.54) is 32.1 Å². The summed E-state index contributed by atoms with van der Waals surface area (Å²) in [6, 6.07) is 4.13. The number of amides is 1. The van der Waals surface area contributed by atoms with Crippen molar-refractivity contribution in [1.29, 1.82) is 0 Å². The van der Waals surface area contributed by atoms with E-state index in [0.717, 1.165) is 29.2 Å². The predicted molar refractivity (Wildman–Crippen MR) is 123 cm³/mol. The third-order valence-electron chi connectivity index (χ3n) is 5.95. The lowest BCUT2D eigenvalue weighted by Gasteiger charge is -2.26. The molecule has 0 bridgehead atoms. The molecule has 0 aromatic carbocycles. The fourth-order valence-electron chi connectivity index (χ4n) is 4.05. The van der Waals surface area contributed by atoms with E-state index in [4.69, 9.17) is 22.3 Å². The lowest BCUT2D eigenvalue weighted by molar-refractivity contribution is 0.0995. The molecule has 2 aromatic heterocycles. The van der Waals surface area contributed by atoms with Gasteiger partial charge in [0.1, 0.15) is 0 Å². The quantitative estimate of drug-likeness (QED) is 0.672. The SMILES string of the molecule is CC(C)(C)c1cc(-n2nc(C(N)=O)c(Cl)c2CC2CCCCC2)cc(C(C)(C)C)n1. The molecule has 1 aliphatic carbocycles. The van der Waals surface area contributed by atoms with Crippen molar-refractivity contribution in [3.05, 3.63) is 39.9 Å². The number of aromatic nitrogens is 3. The van der Waals surface area contributed by atoms with Crippen molar-refractivity contribution >= 4 is 17.5 Å². The zero-order valence-corrected chi connectivity index (χ0v) is 19.9. The Bertz CT molecular complexity index is 896. The first-order chi connectivity index (χ1) is 13.9. The number of carbonyl (C=O) groups excluding carboxylic acids is 1. The van der Waals surface area contributed by atoms with Gasteiger partial charge in [0.25, 0.3) is 5.91 Å². The molecule has 5 nitrogen and oxygen atoms in total. The van der Waals surface area contributed by atoms with Gasteiger partial charge >= 0.3 is 0 Å². The van der Waals surface area contributed by atoms with Crippen LogP contribution >= 0.6 is 11.6 Å². The van der Waals surface area contributed by atoms with Crippen molar-refractivity contribution in [2.24, 2.45) is 11.7 Å². The molecule has 0 radical (unpaired) electrons. The summed E-state index contributed by atoms with van der Waals surface area (Å²) >= 11 is 6.65. The molecule has 2 heterocycles. The largest absolute Gasteiger partial charge is 0.364 e. The van der Waals surface area contributed by atoms with Crippen LogP contribution < -0.4 is 5.73 Å². The smallest absolute Gasteiger partial charge is 0.270 e. The van der Waals surface area contributed by atoms with Gasteiger partial charge in [-0.1, -0.05) is 85.2 Å². The molecule has 30 heavy (non-hydrogen) atoms. The van der Waals surface area contributed by atoms with Crippen LogP contribution in [0, 0.1) is 5.92 Å². The molecule has 0 unspecified atom stereocenters. The number of nitrogens with zero attached hydrogens (tertiary/aromatic N) is 3. The highest BCUT2D eigenvalue weighted by atomic mass is 35.5. The molecule has 0 aliphatic heterocycles. The molecule has 1 amide bonds. The van der Waals surface area contributed by atoms with Crippen molar-refractivity contribution in [3.63, 3.8) is 0 Å². The van der Waals surface area contributed by atoms with Crippen LogP contribution in [-0.4, -0.2) is 20.7 Å². The fraction of sp³-hybridized carbons (Fsp3) is 0.625. The van der Waals surface area contributed by atoms with E-state index in [-0.39, 0.29) is 16.5 Å². The second kappa shape index (κ2) is 8.33. The van der Waals surface area contributed by atoms with E-state index >= 15 is 0 Å². The van der Waals surface area contributed by atoms with Crippen LogP contribution in [0.4, 0.5) is 0 Å². The van der Waals surface area contributed by atoms with Crippen molar-refractivity contribution < 1.29 is 4.79 Å². The Morgan fingerprint density at radius 2 is 1.60 bits per heavy atom. The number of hydrogen-bond donors (Lipinski definition) is 1. The first-order valence-corrected chi connectivity index (χ1v) is 11.4. The molecule has 3 rings (SSSR count). The molecule has 2 N–H and O–H groups in total. The number of halogens is 1. The van der Waals surface area contributed by atoms with E-state index < -0.39 is 5.91 Å². The first-order valence-electron chi connectivity index (χ1n) is 11.0. The van der Waals surface area contributed by atoms with E-state index in [9.17, 15) is 4.79 Å². The number of primary amides is 1. The second-order valence-corrected chi connectivity index (χ2v) is 11.1. The lowest BCUT2D eigenvalue weighted by Crippen LogP contribution is -2.21. The molecular weight excluding hydrogens is 396 g/mol. The van der Waals surface area contributed by atoms with E-state index in [2.05, 4.69) is 58.8 Å². The minimum atomic E-state index is -0.593. The van der Waals surface area contributed by atoms with Gasteiger partial charge in [-0.3, -0.25) is 9.78 Å². The van der Waals surface area contributed by atoms with E-state index in [1.807, 2.05) is 4.68 Å². The first kappa shape index (κ1) is 22.8. The minimum Gasteiger partial charge on any atom is -0.364 e. The standard InChI is InChI=1S/C24H35ClN4O/c1-23(2,3)18-13-16(14-19(27-18)24(4,5)6)29-17(12-15-10-8-7-9-11-15)20(25)21(28-29)22(26)30/h13-15H,7-12H2,1-6H3,(H2,26,30). The summed E-state index contributed by atoms with van der Waals surface area (Å²) in [5, 5.41) is 4.96. The summed E-state index contributed by atoms with van der Waals surface area (Å²) < 4.78 is 1.84. The monoisotopic (exact) mass is 430 g/mol. The predicted octanol–water partition coefficient (Wildman–Crippen LogP) is 5.74. The average molecular weight is 431 g/mol. The van der Waals surface area contributed by atoms with Gasteiger partial charge in [0.05, 0.1) is 16.4 Å². The maximum atomic E-state index is 12.0. The molecular formula is C24H35ClN4O. The molecule has 0 atom stereocenters. The zero-order valence-electron chi connectivity index (χ0n) is 19.2. The Morgan fingerprint density at radius 3 is 2.07 bits per heavy atom. The van der Waals surface area contributed by atoms with Crippen LogP contribution in [0.3, 0.4) is 0 Å². The van der Waals surface area contributed by atoms with Crippen LogP contribution in [0.2, 0.25) is 5.02 Å². The average Bonchev–Trinajstić information content (AvgIpc) is 2.97. The third-order valence-corrected chi connectivity index (χ3v) is 6.35. The van der Waals surface area contributed by atoms with Crippen LogP contribution in [0.1, 0.15) is 101 Å². The van der Waals surface area contributed by atoms with Gasteiger partial charge in [0, 0.05) is 22.2 Å². The number of carbonyl (C=O) groups is 1. The van der Waals surface area contributed by atoms with E-state index in [1.54, 1.807) is 0 Å². The Morgan fingerprint density at radius 1 is 1.07 bits per heavy atom. The van der Waals surface area contributed by atoms with Gasteiger partial charge in [-0.2, -0.15) is 5.10 Å². The van der Waals surface area contributed by atoms with Gasteiger partial charge in [-0.25, -0.2) is 4.68 Å². The third kappa shape index (κ3) is 4.88. The molecule has 0 saturated heterocycles. The normalized spacial score (nSPS) is 16.1. The molecule has 0 spiro atoms. The van der Waals surface area contributed by atoms with Gasteiger partial charge < -0.3 is 5.73 Å². The zero-order chi connectivity index (χ0) is 22.3. The molecule has 1 fully saturated rings. The van der Waals surface area contributed by atoms with Crippen molar-refractivity contribution in [2.75, 3.05) is 0 Å². The van der Waals surface area contributed by atoms with Gasteiger partial charge in [-0.05, 0) is 24.5 Å². The summed E-state index contributed by atoms with van der Waals surface area (Å²) in [5.74, 6) is -0.0387. The highest BCUT2D eigenvalue weighted by Crippen LogP contribution is 2.34. The van der Waals surface area contributed by atoms with Crippen molar-refractivity contribution in [2.45, 2.75) is 90.9 Å². The fourth-order valence-corrected chi connectivity index (χ4v) is 4.34. The minimum absolute atomic E-state index is 0.122. The molecule has 1 aliphatic rings. The molecule has 1 saturated carbocycles. The Labute approximate surface area is 185 Å². The van der Waals surface area contributed by atoms with Crippen LogP contribution in [0.15, 0.2) is 12.1 Å². The summed E-state index contributed by atoms with van der Waals surface area (Å²) in [6.07, 6.45) is 6.96. The topological polar surface area (TPSA) is 73.8 Å². The summed E-state index contributed by atoms with van der Waals surface area (Å²) in [5.41, 5.74) is 9.24. The summed E-state index contributed by atoms with van der Waals surface area (Å²) in [7, 11) is 0. The molecule has 164 valence electrons. The van der Waals surface area contributed by atoms with Gasteiger partial charge in [-0.15, -0.1) is 0 Å².